The number of para-hydroxylation sites is 1. The third-order valence-corrected chi connectivity index (χ3v) is 7.00. The zero-order chi connectivity index (χ0) is 18.9. The molecule has 1 aromatic carbocycles. The van der Waals surface area contributed by atoms with Crippen molar-refractivity contribution in [2.24, 2.45) is 5.41 Å². The van der Waals surface area contributed by atoms with E-state index in [0.717, 1.165) is 23.6 Å². The van der Waals surface area contributed by atoms with E-state index >= 15 is 0 Å². The molecule has 3 aliphatic heterocycles. The number of fused-ring (bicyclic) bond motifs is 3. The predicted octanol–water partition coefficient (Wildman–Crippen LogP) is 1.90. The second-order valence-corrected chi connectivity index (χ2v) is 8.82. The van der Waals surface area contributed by atoms with Crippen molar-refractivity contribution in [3.8, 4) is 5.75 Å². The molecule has 6 nitrogen and oxygen atoms in total. The lowest BCUT2D eigenvalue weighted by molar-refractivity contribution is -0.152. The second-order valence-electron chi connectivity index (χ2n) is 7.72. The average molecular weight is 391 g/mol. The van der Waals surface area contributed by atoms with Crippen LogP contribution in [-0.2, 0) is 9.59 Å². The predicted molar refractivity (Wildman–Crippen MR) is 104 cm³/mol. The molecule has 1 N–H and O–H groups in total. The monoisotopic (exact) mass is 390 g/mol. The summed E-state index contributed by atoms with van der Waals surface area (Å²) in [5.74, 6) is 1.05. The van der Waals surface area contributed by atoms with E-state index in [0.29, 0.717) is 12.3 Å². The number of carboxylic acids is 1. The van der Waals surface area contributed by atoms with Crippen LogP contribution in [0.5, 0.6) is 5.75 Å². The van der Waals surface area contributed by atoms with Crippen LogP contribution in [0.4, 0.5) is 0 Å². The summed E-state index contributed by atoms with van der Waals surface area (Å²) in [5, 5.41) is 9.93. The minimum Gasteiger partial charge on any atom is -0.492 e. The fourth-order valence-corrected chi connectivity index (χ4v) is 5.37. The zero-order valence-corrected chi connectivity index (χ0v) is 16.2. The fraction of sp³-hybridized carbons (Fsp3) is 0.600. The number of aliphatic carboxylic acids is 1. The number of carbonyl (C=O) groups excluding carboxylic acids is 1. The second kappa shape index (κ2) is 7.72. The van der Waals surface area contributed by atoms with E-state index in [4.69, 9.17) is 4.74 Å². The molecular weight excluding hydrogens is 364 g/mol. The molecule has 2 atom stereocenters. The van der Waals surface area contributed by atoms with Crippen LogP contribution in [0, 0.1) is 5.41 Å². The van der Waals surface area contributed by atoms with Gasteiger partial charge in [-0.1, -0.05) is 18.2 Å². The van der Waals surface area contributed by atoms with Gasteiger partial charge in [-0.15, -0.1) is 0 Å². The van der Waals surface area contributed by atoms with E-state index in [9.17, 15) is 14.7 Å². The number of carbonyl (C=O) groups is 2. The summed E-state index contributed by atoms with van der Waals surface area (Å²) < 4.78 is 5.76. The standard InChI is InChI=1S/C20H26N2O4S/c23-18(12-27-10-9-21-7-3-4-8-21)22-11-16-15-5-1-2-6-17(15)26-14-20(16,13-22)19(24)25/h1-2,5-6,16H,3-4,7-14H2,(H,24,25)/t16-,20-/m0/s1. The van der Waals surface area contributed by atoms with E-state index in [-0.39, 0.29) is 25.0 Å². The lowest BCUT2D eigenvalue weighted by Crippen LogP contribution is -2.46. The van der Waals surface area contributed by atoms with E-state index in [1.165, 1.54) is 25.9 Å². The van der Waals surface area contributed by atoms with Crippen molar-refractivity contribution < 1.29 is 19.4 Å². The molecule has 1 aromatic rings. The lowest BCUT2D eigenvalue weighted by Gasteiger charge is -2.35. The first-order chi connectivity index (χ1) is 13.1. The van der Waals surface area contributed by atoms with Crippen molar-refractivity contribution in [2.75, 3.05) is 50.8 Å². The minimum absolute atomic E-state index is 0.0360. The summed E-state index contributed by atoms with van der Waals surface area (Å²) in [6.45, 7) is 4.17. The summed E-state index contributed by atoms with van der Waals surface area (Å²) >= 11 is 1.65. The Morgan fingerprint density at radius 1 is 1.26 bits per heavy atom. The quantitative estimate of drug-likeness (QED) is 0.749. The van der Waals surface area contributed by atoms with E-state index in [2.05, 4.69) is 4.90 Å². The first-order valence-electron chi connectivity index (χ1n) is 9.63. The zero-order valence-electron chi connectivity index (χ0n) is 15.4. The molecule has 1 amide bonds. The summed E-state index contributed by atoms with van der Waals surface area (Å²) in [6.07, 6.45) is 2.55. The summed E-state index contributed by atoms with van der Waals surface area (Å²) in [5.41, 5.74) is -0.132. The molecule has 0 aliphatic carbocycles. The molecule has 3 aliphatic rings. The van der Waals surface area contributed by atoms with Crippen LogP contribution >= 0.6 is 11.8 Å². The number of nitrogens with zero attached hydrogens (tertiary/aromatic N) is 2. The Morgan fingerprint density at radius 3 is 2.81 bits per heavy atom. The number of hydrogen-bond donors (Lipinski definition) is 1. The van der Waals surface area contributed by atoms with Gasteiger partial charge in [-0.2, -0.15) is 11.8 Å². The van der Waals surface area contributed by atoms with Gasteiger partial charge < -0.3 is 19.6 Å². The van der Waals surface area contributed by atoms with Crippen LogP contribution in [0.3, 0.4) is 0 Å². The highest BCUT2D eigenvalue weighted by atomic mass is 32.2. The highest BCUT2D eigenvalue weighted by Crippen LogP contribution is 2.49. The SMILES string of the molecule is O=C(CSCCN1CCCC1)N1C[C@H]2c3ccccc3OC[C@@]2(C(=O)O)C1. The number of thioether (sulfide) groups is 1. The molecule has 3 heterocycles. The average Bonchev–Trinajstić information content (AvgIpc) is 3.33. The van der Waals surface area contributed by atoms with Crippen LogP contribution in [0.15, 0.2) is 24.3 Å². The van der Waals surface area contributed by atoms with Crippen LogP contribution in [0.2, 0.25) is 0 Å². The molecule has 4 rings (SSSR count). The normalized spacial score (nSPS) is 27.1. The summed E-state index contributed by atoms with van der Waals surface area (Å²) in [4.78, 5) is 29.0. The van der Waals surface area contributed by atoms with Crippen LogP contribution < -0.4 is 4.74 Å². The van der Waals surface area contributed by atoms with Crippen molar-refractivity contribution >= 4 is 23.6 Å². The molecule has 146 valence electrons. The van der Waals surface area contributed by atoms with Gasteiger partial charge in [0.15, 0.2) is 0 Å². The fourth-order valence-electron chi connectivity index (χ4n) is 4.48. The largest absolute Gasteiger partial charge is 0.492 e. The summed E-state index contributed by atoms with van der Waals surface area (Å²) in [6, 6.07) is 7.59. The molecule has 7 heteroatoms. The van der Waals surface area contributed by atoms with Gasteiger partial charge in [-0.05, 0) is 32.0 Å². The first kappa shape index (κ1) is 18.6. The van der Waals surface area contributed by atoms with Crippen LogP contribution in [0.1, 0.15) is 24.3 Å². The number of benzene rings is 1. The molecule has 0 aromatic heterocycles. The smallest absolute Gasteiger partial charge is 0.315 e. The molecule has 0 saturated carbocycles. The van der Waals surface area contributed by atoms with Crippen LogP contribution in [0.25, 0.3) is 0 Å². The van der Waals surface area contributed by atoms with Gasteiger partial charge in [0.1, 0.15) is 17.8 Å². The van der Waals surface area contributed by atoms with Gasteiger partial charge in [0.25, 0.3) is 0 Å². The molecule has 2 fully saturated rings. The molecule has 0 unspecified atom stereocenters. The van der Waals surface area contributed by atoms with Crippen molar-refractivity contribution in [3.05, 3.63) is 29.8 Å². The number of carboxylic acid groups (broad SMARTS) is 1. The number of hydrogen-bond acceptors (Lipinski definition) is 5. The third kappa shape index (κ3) is 3.55. The van der Waals surface area contributed by atoms with E-state index in [1.807, 2.05) is 24.3 Å². The Labute approximate surface area is 163 Å². The van der Waals surface area contributed by atoms with Gasteiger partial charge in [-0.3, -0.25) is 9.59 Å². The third-order valence-electron chi connectivity index (χ3n) is 6.08. The van der Waals surface area contributed by atoms with Crippen molar-refractivity contribution in [2.45, 2.75) is 18.8 Å². The topological polar surface area (TPSA) is 70.1 Å². The number of ether oxygens (including phenoxy) is 1. The minimum atomic E-state index is -1.04. The molecule has 0 bridgehead atoms. The maximum absolute atomic E-state index is 12.7. The number of amides is 1. The Morgan fingerprint density at radius 2 is 2.04 bits per heavy atom. The molecule has 0 radical (unpaired) electrons. The lowest BCUT2D eigenvalue weighted by atomic mass is 9.73. The van der Waals surface area contributed by atoms with E-state index < -0.39 is 11.4 Å². The Hall–Kier alpha value is -1.73. The maximum atomic E-state index is 12.7. The molecular formula is C20H26N2O4S. The highest BCUT2D eigenvalue weighted by Gasteiger charge is 2.57. The first-order valence-corrected chi connectivity index (χ1v) is 10.8. The molecule has 0 spiro atoms. The summed E-state index contributed by atoms with van der Waals surface area (Å²) in [7, 11) is 0. The Kier molecular flexibility index (Phi) is 5.32. The van der Waals surface area contributed by atoms with Gasteiger partial charge in [0, 0.05) is 36.9 Å². The number of likely N-dealkylation sites (tertiary alicyclic amines) is 2. The van der Waals surface area contributed by atoms with E-state index in [1.54, 1.807) is 16.7 Å². The van der Waals surface area contributed by atoms with Gasteiger partial charge in [0.05, 0.1) is 5.75 Å². The van der Waals surface area contributed by atoms with Gasteiger partial charge in [-0.25, -0.2) is 0 Å². The van der Waals surface area contributed by atoms with Gasteiger partial charge >= 0.3 is 5.97 Å². The Bertz CT molecular complexity index is 722. The van der Waals surface area contributed by atoms with Crippen molar-refractivity contribution in [1.29, 1.82) is 0 Å². The van der Waals surface area contributed by atoms with Gasteiger partial charge in [0.2, 0.25) is 5.91 Å². The van der Waals surface area contributed by atoms with Crippen molar-refractivity contribution in [3.63, 3.8) is 0 Å². The highest BCUT2D eigenvalue weighted by molar-refractivity contribution is 7.99. The molecule has 27 heavy (non-hydrogen) atoms. The molecule has 2 saturated heterocycles. The van der Waals surface area contributed by atoms with Crippen molar-refractivity contribution in [1.82, 2.24) is 9.80 Å². The maximum Gasteiger partial charge on any atom is 0.315 e. The number of rotatable bonds is 6. The van der Waals surface area contributed by atoms with Crippen LogP contribution in [-0.4, -0.2) is 77.6 Å². The Balaban J connectivity index is 1.39.